The number of carbonyl (C=O) groups excluding carboxylic acids is 1. The largest absolute Gasteiger partial charge is 0.390 e. The molecule has 180 valence electrons. The molecule has 10 atom stereocenters. The van der Waals surface area contributed by atoms with Gasteiger partial charge in [-0.3, -0.25) is 4.79 Å². The predicted octanol–water partition coefficient (Wildman–Crippen LogP) is 3.78. The van der Waals surface area contributed by atoms with Gasteiger partial charge in [0.2, 0.25) is 0 Å². The first-order valence-corrected chi connectivity index (χ1v) is 12.8. The quantitative estimate of drug-likeness (QED) is 0.601. The number of fused-ring (bicyclic) bond motifs is 5. The van der Waals surface area contributed by atoms with Gasteiger partial charge in [0.1, 0.15) is 0 Å². The van der Waals surface area contributed by atoms with E-state index >= 15 is 0 Å². The van der Waals surface area contributed by atoms with Crippen LogP contribution in [0.3, 0.4) is 0 Å². The first-order chi connectivity index (χ1) is 14.8. The van der Waals surface area contributed by atoms with E-state index in [1.54, 1.807) is 6.08 Å². The predicted molar refractivity (Wildman–Crippen MR) is 122 cm³/mol. The second-order valence-corrected chi connectivity index (χ2v) is 13.0. The van der Waals surface area contributed by atoms with Crippen molar-refractivity contribution in [2.45, 2.75) is 115 Å². The molecule has 1 saturated heterocycles. The van der Waals surface area contributed by atoms with Gasteiger partial charge in [0, 0.05) is 11.3 Å². The Labute approximate surface area is 192 Å². The topological polar surface area (TPSA) is 87.0 Å². The van der Waals surface area contributed by atoms with Crippen LogP contribution < -0.4 is 0 Å². The van der Waals surface area contributed by atoms with Gasteiger partial charge in [0.05, 0.1) is 29.5 Å². The molecule has 0 aromatic carbocycles. The third kappa shape index (κ3) is 3.00. The molecule has 5 heteroatoms. The average molecular weight is 447 g/mol. The van der Waals surface area contributed by atoms with Crippen molar-refractivity contribution in [1.29, 1.82) is 0 Å². The molecule has 5 aliphatic rings. The number of ketones is 1. The number of ether oxygens (including phenoxy) is 1. The van der Waals surface area contributed by atoms with E-state index in [4.69, 9.17) is 4.74 Å². The number of allylic oxidation sites excluding steroid dienone is 1. The second kappa shape index (κ2) is 7.13. The normalized spacial score (nSPS) is 53.2. The van der Waals surface area contributed by atoms with Gasteiger partial charge >= 0.3 is 0 Å². The van der Waals surface area contributed by atoms with Crippen LogP contribution in [0.4, 0.5) is 0 Å². The Bertz CT molecular complexity index is 834. The Hall–Kier alpha value is -0.750. The molecular weight excluding hydrogens is 404 g/mol. The molecule has 1 heterocycles. The molecule has 0 aromatic heterocycles. The number of aliphatic hydroxyl groups excluding tert-OH is 2. The van der Waals surface area contributed by atoms with Crippen molar-refractivity contribution in [2.24, 2.45) is 34.5 Å². The molecule has 1 aliphatic heterocycles. The van der Waals surface area contributed by atoms with E-state index in [0.717, 1.165) is 37.7 Å². The van der Waals surface area contributed by atoms with Crippen LogP contribution in [-0.2, 0) is 9.53 Å². The molecular formula is C27H42O5. The Balaban J connectivity index is 1.48. The average Bonchev–Trinajstić information content (AvgIpc) is 3.20. The second-order valence-electron chi connectivity index (χ2n) is 13.0. The lowest BCUT2D eigenvalue weighted by Crippen LogP contribution is -2.61. The SMILES string of the molecule is C[C@@H]([C@H]1CC[C@@]2(O)C3=CC(=O)[C@@H]4C[C@@H](O)[C@@H](O)C[C@]4(C)[C@H]3CC[C@]12C)[C@H]1CCC(C)(C)O1. The third-order valence-corrected chi connectivity index (χ3v) is 10.9. The van der Waals surface area contributed by atoms with Crippen LogP contribution >= 0.6 is 0 Å². The number of aliphatic hydroxyl groups is 3. The van der Waals surface area contributed by atoms with Crippen molar-refractivity contribution in [3.63, 3.8) is 0 Å². The van der Waals surface area contributed by atoms with Gasteiger partial charge < -0.3 is 20.1 Å². The Morgan fingerprint density at radius 3 is 2.38 bits per heavy atom. The third-order valence-electron chi connectivity index (χ3n) is 10.9. The smallest absolute Gasteiger partial charge is 0.159 e. The lowest BCUT2D eigenvalue weighted by atomic mass is 9.46. The molecule has 4 fully saturated rings. The Kier molecular flexibility index (Phi) is 5.13. The molecule has 4 aliphatic carbocycles. The lowest BCUT2D eigenvalue weighted by Gasteiger charge is -2.60. The molecule has 32 heavy (non-hydrogen) atoms. The number of hydrogen-bond donors (Lipinski definition) is 3. The first kappa shape index (κ1) is 23.0. The van der Waals surface area contributed by atoms with E-state index < -0.39 is 23.2 Å². The van der Waals surface area contributed by atoms with Crippen LogP contribution in [0.5, 0.6) is 0 Å². The molecule has 0 aromatic rings. The van der Waals surface area contributed by atoms with Crippen LogP contribution in [0.2, 0.25) is 0 Å². The fourth-order valence-corrected chi connectivity index (χ4v) is 8.90. The maximum Gasteiger partial charge on any atom is 0.159 e. The zero-order valence-corrected chi connectivity index (χ0v) is 20.4. The van der Waals surface area contributed by atoms with E-state index in [1.807, 2.05) is 0 Å². The monoisotopic (exact) mass is 446 g/mol. The van der Waals surface area contributed by atoms with Gasteiger partial charge in [-0.2, -0.15) is 0 Å². The van der Waals surface area contributed by atoms with Crippen LogP contribution in [0.25, 0.3) is 0 Å². The van der Waals surface area contributed by atoms with E-state index in [0.29, 0.717) is 31.1 Å². The highest BCUT2D eigenvalue weighted by atomic mass is 16.5. The van der Waals surface area contributed by atoms with Gasteiger partial charge in [-0.05, 0) is 100 Å². The van der Waals surface area contributed by atoms with Crippen LogP contribution in [0, 0.1) is 34.5 Å². The van der Waals surface area contributed by atoms with Gasteiger partial charge in [0.25, 0.3) is 0 Å². The van der Waals surface area contributed by atoms with Crippen molar-refractivity contribution in [1.82, 2.24) is 0 Å². The number of carbonyl (C=O) groups is 1. The maximum absolute atomic E-state index is 13.3. The van der Waals surface area contributed by atoms with Crippen molar-refractivity contribution in [2.75, 3.05) is 0 Å². The minimum atomic E-state index is -0.979. The lowest BCUT2D eigenvalue weighted by molar-refractivity contribution is -0.155. The highest BCUT2D eigenvalue weighted by Crippen LogP contribution is 2.68. The highest BCUT2D eigenvalue weighted by molar-refractivity contribution is 5.95. The Morgan fingerprint density at radius 1 is 1.00 bits per heavy atom. The van der Waals surface area contributed by atoms with Crippen LogP contribution in [-0.4, -0.2) is 50.6 Å². The van der Waals surface area contributed by atoms with Crippen LogP contribution in [0.15, 0.2) is 11.6 Å². The van der Waals surface area contributed by atoms with Crippen molar-refractivity contribution in [3.05, 3.63) is 11.6 Å². The molecule has 0 spiro atoms. The zero-order valence-electron chi connectivity index (χ0n) is 20.4. The fourth-order valence-electron chi connectivity index (χ4n) is 8.90. The molecule has 3 saturated carbocycles. The van der Waals surface area contributed by atoms with Crippen molar-refractivity contribution in [3.8, 4) is 0 Å². The Morgan fingerprint density at radius 2 is 1.72 bits per heavy atom. The van der Waals surface area contributed by atoms with Crippen LogP contribution in [0.1, 0.15) is 86.0 Å². The summed E-state index contributed by atoms with van der Waals surface area (Å²) in [6, 6.07) is 0. The summed E-state index contributed by atoms with van der Waals surface area (Å²) < 4.78 is 6.41. The van der Waals surface area contributed by atoms with Crippen molar-refractivity contribution < 1.29 is 24.9 Å². The number of hydrogen-bond acceptors (Lipinski definition) is 5. The summed E-state index contributed by atoms with van der Waals surface area (Å²) in [5.41, 5.74) is -0.810. The maximum atomic E-state index is 13.3. The minimum absolute atomic E-state index is 0.0275. The van der Waals surface area contributed by atoms with Gasteiger partial charge in [-0.25, -0.2) is 0 Å². The van der Waals surface area contributed by atoms with Gasteiger partial charge in [-0.1, -0.05) is 20.8 Å². The van der Waals surface area contributed by atoms with Gasteiger partial charge in [-0.15, -0.1) is 0 Å². The fraction of sp³-hybridized carbons (Fsp3) is 0.889. The van der Waals surface area contributed by atoms with Crippen molar-refractivity contribution >= 4 is 5.78 Å². The zero-order chi connectivity index (χ0) is 23.3. The summed E-state index contributed by atoms with van der Waals surface area (Å²) in [6.07, 6.45) is 6.72. The standard InChI is InChI=1S/C27H42O5/c1-15(23-8-9-24(2,3)32-23)16-7-11-27(31)18-12-20(28)19-13-21(29)22(30)14-25(19,4)17(18)6-10-26(16,27)5/h12,15-17,19,21-23,29-31H,6-11,13-14H2,1-5H3/t15-,16+,17-,19-,21+,22-,23+,25+,26+,27+/m0/s1. The summed E-state index contributed by atoms with van der Waals surface area (Å²) in [4.78, 5) is 13.3. The van der Waals surface area contributed by atoms with E-state index in [1.165, 1.54) is 0 Å². The van der Waals surface area contributed by atoms with Gasteiger partial charge in [0.15, 0.2) is 5.78 Å². The summed E-state index contributed by atoms with van der Waals surface area (Å²) >= 11 is 0. The summed E-state index contributed by atoms with van der Waals surface area (Å²) in [6.45, 7) is 11.0. The molecule has 0 unspecified atom stereocenters. The molecule has 0 bridgehead atoms. The molecule has 5 nitrogen and oxygen atoms in total. The number of rotatable bonds is 2. The first-order valence-electron chi connectivity index (χ1n) is 12.8. The molecule has 3 N–H and O–H groups in total. The summed E-state index contributed by atoms with van der Waals surface area (Å²) in [5, 5.41) is 33.0. The van der Waals surface area contributed by atoms with E-state index in [-0.39, 0.29) is 34.7 Å². The van der Waals surface area contributed by atoms with E-state index in [2.05, 4.69) is 34.6 Å². The minimum Gasteiger partial charge on any atom is -0.390 e. The summed E-state index contributed by atoms with van der Waals surface area (Å²) in [5.74, 6) is 0.559. The summed E-state index contributed by atoms with van der Waals surface area (Å²) in [7, 11) is 0. The molecule has 0 amide bonds. The van der Waals surface area contributed by atoms with E-state index in [9.17, 15) is 20.1 Å². The molecule has 0 radical (unpaired) electrons. The molecule has 5 rings (SSSR count). The highest BCUT2D eigenvalue weighted by Gasteiger charge is 2.67.